The highest BCUT2D eigenvalue weighted by Gasteiger charge is 2.21. The third-order valence-electron chi connectivity index (χ3n) is 14.9. The van der Waals surface area contributed by atoms with E-state index in [0.29, 0.717) is 0 Å². The lowest BCUT2D eigenvalue weighted by Gasteiger charge is -2.27. The van der Waals surface area contributed by atoms with Gasteiger partial charge >= 0.3 is 0 Å². The molecule has 14 aromatic rings. The van der Waals surface area contributed by atoms with E-state index in [9.17, 15) is 0 Å². The van der Waals surface area contributed by atoms with Gasteiger partial charge in [-0.05, 0) is 155 Å². The Balaban J connectivity index is 0.858. The zero-order chi connectivity index (χ0) is 50.4. The number of benzene rings is 12. The molecule has 0 aliphatic heterocycles. The second-order valence-corrected chi connectivity index (χ2v) is 19.4. The first-order chi connectivity index (χ1) is 37.7. The Hall–Kier alpha value is -10.2. The summed E-state index contributed by atoms with van der Waals surface area (Å²) in [5.41, 5.74) is 20.5. The summed E-state index contributed by atoms with van der Waals surface area (Å²) in [6.07, 6.45) is 0. The van der Waals surface area contributed by atoms with Crippen LogP contribution in [0.1, 0.15) is 0 Å². The summed E-state index contributed by atoms with van der Waals surface area (Å²) in [5.74, 6) is 0. The Kier molecular flexibility index (Phi) is 11.2. The lowest BCUT2D eigenvalue weighted by Crippen LogP contribution is -2.10. The van der Waals surface area contributed by atoms with Crippen LogP contribution in [-0.2, 0) is 0 Å². The van der Waals surface area contributed by atoms with Crippen molar-refractivity contribution in [3.63, 3.8) is 0 Å². The van der Waals surface area contributed by atoms with Gasteiger partial charge in [-0.2, -0.15) is 0 Å². The molecule has 0 unspecified atom stereocenters. The predicted molar refractivity (Wildman–Crippen MR) is 321 cm³/mol. The topological polar surface area (TPSA) is 16.3 Å². The van der Waals surface area contributed by atoms with E-state index in [1.54, 1.807) is 0 Å². The Morgan fingerprint density at radius 2 is 0.487 bits per heavy atom. The van der Waals surface area contributed by atoms with E-state index in [0.717, 1.165) is 56.6 Å². The van der Waals surface area contributed by atoms with Gasteiger partial charge in [0.2, 0.25) is 0 Å². The smallest absolute Gasteiger partial charge is 0.0542 e. The Bertz CT molecular complexity index is 4080. The molecule has 0 bridgehead atoms. The molecule has 0 aliphatic rings. The summed E-state index contributed by atoms with van der Waals surface area (Å²) in [7, 11) is 0. The van der Waals surface area contributed by atoms with Crippen molar-refractivity contribution >= 4 is 77.7 Å². The number of para-hydroxylation sites is 4. The molecule has 0 spiro atoms. The normalized spacial score (nSPS) is 11.4. The molecule has 358 valence electrons. The number of fused-ring (bicyclic) bond motifs is 6. The number of rotatable bonds is 11. The first-order valence-corrected chi connectivity index (χ1v) is 26.0. The molecule has 0 saturated heterocycles. The Labute approximate surface area is 442 Å². The number of anilines is 6. The zero-order valence-corrected chi connectivity index (χ0v) is 41.7. The van der Waals surface area contributed by atoms with Gasteiger partial charge in [-0.1, -0.05) is 182 Å². The minimum atomic E-state index is 1.07. The van der Waals surface area contributed by atoms with Crippen LogP contribution in [0, 0.1) is 0 Å². The quantitative estimate of drug-likeness (QED) is 0.128. The van der Waals surface area contributed by atoms with Crippen LogP contribution in [0.2, 0.25) is 0 Å². The molecule has 4 nitrogen and oxygen atoms in total. The lowest BCUT2D eigenvalue weighted by molar-refractivity contribution is 1.18. The van der Waals surface area contributed by atoms with Gasteiger partial charge in [0.05, 0.1) is 22.1 Å². The molecule has 2 aromatic heterocycles. The van der Waals surface area contributed by atoms with Crippen molar-refractivity contribution in [1.29, 1.82) is 0 Å². The average molecular weight is 971 g/mol. The fourth-order valence-electron chi connectivity index (χ4n) is 11.3. The largest absolute Gasteiger partial charge is 0.310 e. The highest BCUT2D eigenvalue weighted by atomic mass is 15.1. The van der Waals surface area contributed by atoms with Crippen molar-refractivity contribution in [2.24, 2.45) is 0 Å². The maximum atomic E-state index is 2.39. The molecule has 2 heterocycles. The van der Waals surface area contributed by atoms with Crippen LogP contribution in [0.4, 0.5) is 34.1 Å². The fourth-order valence-corrected chi connectivity index (χ4v) is 11.3. The van der Waals surface area contributed by atoms with E-state index in [2.05, 4.69) is 322 Å². The van der Waals surface area contributed by atoms with Crippen LogP contribution in [0.15, 0.2) is 303 Å². The van der Waals surface area contributed by atoms with E-state index in [1.807, 2.05) is 0 Å². The van der Waals surface area contributed by atoms with Gasteiger partial charge in [0.15, 0.2) is 0 Å². The standard InChI is InChI=1S/C72H50N4/c1-5-19-51(20-6-1)55-23-17-29-61(47-55)73(63-43-45-71-67(49-63)65-31-13-15-33-69(65)75(71)57-25-9-3-10-26-57)59-39-35-53(36-40-59)54-37-41-60(42-38-54)74(62-30-18-24-56(48-62)52-21-7-2-8-22-52)64-44-46-72-68(50-64)66-32-14-16-34-70(66)76(72)58-27-11-4-12-28-58/h1-50H. The second-order valence-electron chi connectivity index (χ2n) is 19.4. The van der Waals surface area contributed by atoms with Crippen molar-refractivity contribution in [2.75, 3.05) is 9.80 Å². The van der Waals surface area contributed by atoms with Gasteiger partial charge in [-0.25, -0.2) is 0 Å². The minimum absolute atomic E-state index is 1.07. The van der Waals surface area contributed by atoms with Gasteiger partial charge in [0.1, 0.15) is 0 Å². The molecule has 0 radical (unpaired) electrons. The average Bonchev–Trinajstić information content (AvgIpc) is 4.08. The molecule has 0 N–H and O–H groups in total. The van der Waals surface area contributed by atoms with Crippen LogP contribution < -0.4 is 9.80 Å². The molecule has 4 heteroatoms. The Morgan fingerprint density at radius 1 is 0.184 bits per heavy atom. The third kappa shape index (κ3) is 7.97. The molecule has 0 aliphatic carbocycles. The van der Waals surface area contributed by atoms with Crippen LogP contribution in [0.5, 0.6) is 0 Å². The van der Waals surface area contributed by atoms with E-state index in [4.69, 9.17) is 0 Å². The SMILES string of the molecule is c1ccc(-c2cccc(N(c3ccc(-c4ccc(N(c5cccc(-c6ccccc6)c5)c5ccc6c(c5)c5ccccc5n6-c5ccccc5)cc4)cc3)c3ccc4c(c3)c3ccccc3n4-c3ccccc3)c2)cc1. The van der Waals surface area contributed by atoms with Crippen LogP contribution in [-0.4, -0.2) is 9.13 Å². The van der Waals surface area contributed by atoms with Crippen molar-refractivity contribution in [3.8, 4) is 44.8 Å². The number of hydrogen-bond donors (Lipinski definition) is 0. The van der Waals surface area contributed by atoms with Gasteiger partial charge in [0.25, 0.3) is 0 Å². The molecule has 76 heavy (non-hydrogen) atoms. The Morgan fingerprint density at radius 3 is 0.895 bits per heavy atom. The van der Waals surface area contributed by atoms with E-state index >= 15 is 0 Å². The summed E-state index contributed by atoms with van der Waals surface area (Å²) < 4.78 is 4.75. The first kappa shape index (κ1) is 44.5. The van der Waals surface area contributed by atoms with Gasteiger partial charge in [0, 0.05) is 67.0 Å². The zero-order valence-electron chi connectivity index (χ0n) is 41.7. The van der Waals surface area contributed by atoms with Crippen molar-refractivity contribution in [1.82, 2.24) is 9.13 Å². The van der Waals surface area contributed by atoms with Gasteiger partial charge in [-0.3, -0.25) is 0 Å². The molecular weight excluding hydrogens is 921 g/mol. The first-order valence-electron chi connectivity index (χ1n) is 26.0. The monoisotopic (exact) mass is 970 g/mol. The van der Waals surface area contributed by atoms with Crippen LogP contribution >= 0.6 is 0 Å². The second kappa shape index (κ2) is 19.0. The van der Waals surface area contributed by atoms with E-state index in [-0.39, 0.29) is 0 Å². The lowest BCUT2D eigenvalue weighted by atomic mass is 10.0. The fraction of sp³-hybridized carbons (Fsp3) is 0. The molecule has 0 fully saturated rings. The van der Waals surface area contributed by atoms with Gasteiger partial charge < -0.3 is 18.9 Å². The summed E-state index contributed by atoms with van der Waals surface area (Å²) in [6.45, 7) is 0. The summed E-state index contributed by atoms with van der Waals surface area (Å²) in [6, 6.07) is 110. The molecule has 14 rings (SSSR count). The van der Waals surface area contributed by atoms with Crippen LogP contribution in [0.3, 0.4) is 0 Å². The van der Waals surface area contributed by atoms with Crippen molar-refractivity contribution in [3.05, 3.63) is 303 Å². The molecular formula is C72H50N4. The number of nitrogens with zero attached hydrogens (tertiary/aromatic N) is 4. The molecule has 0 saturated carbocycles. The summed E-state index contributed by atoms with van der Waals surface area (Å²) in [4.78, 5) is 4.78. The van der Waals surface area contributed by atoms with Crippen LogP contribution in [0.25, 0.3) is 88.4 Å². The summed E-state index contributed by atoms with van der Waals surface area (Å²) >= 11 is 0. The maximum Gasteiger partial charge on any atom is 0.0542 e. The number of aromatic nitrogens is 2. The van der Waals surface area contributed by atoms with Crippen molar-refractivity contribution in [2.45, 2.75) is 0 Å². The molecule has 0 amide bonds. The van der Waals surface area contributed by atoms with E-state index in [1.165, 1.54) is 65.9 Å². The maximum absolute atomic E-state index is 2.39. The number of hydrogen-bond acceptors (Lipinski definition) is 2. The van der Waals surface area contributed by atoms with Crippen molar-refractivity contribution < 1.29 is 0 Å². The predicted octanol–water partition coefficient (Wildman–Crippen LogP) is 19.8. The van der Waals surface area contributed by atoms with Gasteiger partial charge in [-0.15, -0.1) is 0 Å². The van der Waals surface area contributed by atoms with E-state index < -0.39 is 0 Å². The minimum Gasteiger partial charge on any atom is -0.310 e. The molecule has 12 aromatic carbocycles. The highest BCUT2D eigenvalue weighted by molar-refractivity contribution is 6.12. The highest BCUT2D eigenvalue weighted by Crippen LogP contribution is 2.44. The third-order valence-corrected chi connectivity index (χ3v) is 14.9. The summed E-state index contributed by atoms with van der Waals surface area (Å²) in [5, 5.41) is 4.85. The molecule has 0 atom stereocenters.